The third-order valence-electron chi connectivity index (χ3n) is 2.48. The summed E-state index contributed by atoms with van der Waals surface area (Å²) in [6, 6.07) is 9.16. The van der Waals surface area contributed by atoms with Crippen molar-refractivity contribution in [1.82, 2.24) is 19.6 Å². The summed E-state index contributed by atoms with van der Waals surface area (Å²) >= 11 is 0. The zero-order valence-corrected chi connectivity index (χ0v) is 9.19. The van der Waals surface area contributed by atoms with E-state index in [1.165, 1.54) is 6.20 Å². The summed E-state index contributed by atoms with van der Waals surface area (Å²) in [5, 5.41) is 13.2. The topological polar surface area (TPSA) is 80.4 Å². The quantitative estimate of drug-likeness (QED) is 0.734. The Morgan fingerprint density at radius 1 is 1.22 bits per heavy atom. The standard InChI is InChI=1S/C12H8N4O2/c17-12(18)11-13-5-4-9(14-11)10-7-8-3-1-2-6-16(8)15-10/h1-7H,(H,17,18). The van der Waals surface area contributed by atoms with E-state index in [9.17, 15) is 4.79 Å². The molecule has 0 aromatic carbocycles. The number of fused-ring (bicyclic) bond motifs is 1. The minimum atomic E-state index is -1.15. The fraction of sp³-hybridized carbons (Fsp3) is 0. The summed E-state index contributed by atoms with van der Waals surface area (Å²) in [7, 11) is 0. The number of carboxylic acids is 1. The Hall–Kier alpha value is -2.76. The molecule has 3 rings (SSSR count). The lowest BCUT2D eigenvalue weighted by molar-refractivity contribution is 0.0683. The van der Waals surface area contributed by atoms with Gasteiger partial charge in [-0.3, -0.25) is 0 Å². The molecule has 3 aromatic rings. The van der Waals surface area contributed by atoms with Crippen LogP contribution in [0.5, 0.6) is 0 Å². The zero-order chi connectivity index (χ0) is 12.5. The van der Waals surface area contributed by atoms with Crippen LogP contribution in [0.15, 0.2) is 42.7 Å². The van der Waals surface area contributed by atoms with Crippen LogP contribution in [0.1, 0.15) is 10.6 Å². The lowest BCUT2D eigenvalue weighted by Crippen LogP contribution is -2.04. The second-order valence-corrected chi connectivity index (χ2v) is 3.67. The number of hydrogen-bond acceptors (Lipinski definition) is 4. The van der Waals surface area contributed by atoms with E-state index < -0.39 is 5.97 Å². The van der Waals surface area contributed by atoms with Gasteiger partial charge in [0.25, 0.3) is 0 Å². The van der Waals surface area contributed by atoms with E-state index in [2.05, 4.69) is 15.1 Å². The Balaban J connectivity index is 2.13. The monoisotopic (exact) mass is 240 g/mol. The molecule has 0 saturated carbocycles. The first-order valence-electron chi connectivity index (χ1n) is 5.25. The highest BCUT2D eigenvalue weighted by Crippen LogP contribution is 2.17. The molecule has 0 atom stereocenters. The highest BCUT2D eigenvalue weighted by molar-refractivity contribution is 5.83. The predicted molar refractivity (Wildman–Crippen MR) is 63.2 cm³/mol. The van der Waals surface area contributed by atoms with Gasteiger partial charge in [-0.05, 0) is 24.3 Å². The van der Waals surface area contributed by atoms with Gasteiger partial charge >= 0.3 is 5.97 Å². The molecular formula is C12H8N4O2. The van der Waals surface area contributed by atoms with Crippen LogP contribution >= 0.6 is 0 Å². The van der Waals surface area contributed by atoms with Crippen molar-refractivity contribution >= 4 is 11.5 Å². The molecule has 6 nitrogen and oxygen atoms in total. The Bertz CT molecular complexity index is 703. The summed E-state index contributed by atoms with van der Waals surface area (Å²) in [5.41, 5.74) is 2.03. The first kappa shape index (κ1) is 10.4. The van der Waals surface area contributed by atoms with Gasteiger partial charge in [-0.1, -0.05) is 6.07 Å². The predicted octanol–water partition coefficient (Wildman–Crippen LogP) is 1.49. The molecule has 1 N–H and O–H groups in total. The van der Waals surface area contributed by atoms with E-state index >= 15 is 0 Å². The lowest BCUT2D eigenvalue weighted by Gasteiger charge is -1.96. The van der Waals surface area contributed by atoms with Crippen molar-refractivity contribution in [2.45, 2.75) is 0 Å². The van der Waals surface area contributed by atoms with Crippen LogP contribution in [-0.4, -0.2) is 30.7 Å². The smallest absolute Gasteiger partial charge is 0.373 e. The largest absolute Gasteiger partial charge is 0.475 e. The van der Waals surface area contributed by atoms with Crippen LogP contribution in [0.2, 0.25) is 0 Å². The maximum absolute atomic E-state index is 10.8. The van der Waals surface area contributed by atoms with Gasteiger partial charge in [-0.25, -0.2) is 19.3 Å². The summed E-state index contributed by atoms with van der Waals surface area (Å²) in [4.78, 5) is 18.4. The van der Waals surface area contributed by atoms with Crippen LogP contribution in [-0.2, 0) is 0 Å². The molecule has 0 bridgehead atoms. The second-order valence-electron chi connectivity index (χ2n) is 3.67. The normalized spacial score (nSPS) is 10.7. The molecule has 0 amide bonds. The van der Waals surface area contributed by atoms with Crippen LogP contribution in [0.25, 0.3) is 16.9 Å². The zero-order valence-electron chi connectivity index (χ0n) is 9.19. The molecule has 0 aliphatic carbocycles. The fourth-order valence-corrected chi connectivity index (χ4v) is 1.67. The highest BCUT2D eigenvalue weighted by atomic mass is 16.4. The molecule has 88 valence electrons. The summed E-state index contributed by atoms with van der Waals surface area (Å²) < 4.78 is 1.71. The van der Waals surface area contributed by atoms with Gasteiger partial charge in [0.15, 0.2) is 0 Å². The van der Waals surface area contributed by atoms with Crippen molar-refractivity contribution in [3.05, 3.63) is 48.5 Å². The van der Waals surface area contributed by atoms with Gasteiger partial charge in [0.05, 0.1) is 11.2 Å². The summed E-state index contributed by atoms with van der Waals surface area (Å²) in [6.07, 6.45) is 3.23. The van der Waals surface area contributed by atoms with Gasteiger partial charge in [-0.2, -0.15) is 5.10 Å². The molecule has 3 heterocycles. The van der Waals surface area contributed by atoms with Crippen molar-refractivity contribution in [2.24, 2.45) is 0 Å². The lowest BCUT2D eigenvalue weighted by atomic mass is 10.3. The van der Waals surface area contributed by atoms with E-state index in [4.69, 9.17) is 5.11 Å². The Morgan fingerprint density at radius 2 is 2.11 bits per heavy atom. The van der Waals surface area contributed by atoms with Crippen molar-refractivity contribution in [3.63, 3.8) is 0 Å². The molecule has 0 aliphatic heterocycles. The maximum Gasteiger partial charge on any atom is 0.373 e. The van der Waals surface area contributed by atoms with E-state index in [1.807, 2.05) is 30.5 Å². The molecule has 0 aliphatic rings. The molecule has 0 fully saturated rings. The SMILES string of the molecule is O=C(O)c1nccc(-c2cc3ccccn3n2)n1. The number of pyridine rings is 1. The van der Waals surface area contributed by atoms with Gasteiger partial charge < -0.3 is 5.11 Å². The Labute approximate surface area is 102 Å². The third kappa shape index (κ3) is 1.69. The minimum absolute atomic E-state index is 0.232. The van der Waals surface area contributed by atoms with E-state index in [0.717, 1.165) is 5.52 Å². The number of carbonyl (C=O) groups is 1. The highest BCUT2D eigenvalue weighted by Gasteiger charge is 2.10. The van der Waals surface area contributed by atoms with Crippen molar-refractivity contribution in [1.29, 1.82) is 0 Å². The van der Waals surface area contributed by atoms with E-state index in [0.29, 0.717) is 11.4 Å². The third-order valence-corrected chi connectivity index (χ3v) is 2.48. The average molecular weight is 240 g/mol. The Morgan fingerprint density at radius 3 is 2.89 bits per heavy atom. The minimum Gasteiger partial charge on any atom is -0.475 e. The van der Waals surface area contributed by atoms with Gasteiger partial charge in [-0.15, -0.1) is 0 Å². The molecule has 6 heteroatoms. The van der Waals surface area contributed by atoms with Crippen LogP contribution in [0.4, 0.5) is 0 Å². The van der Waals surface area contributed by atoms with E-state index in [-0.39, 0.29) is 5.82 Å². The molecular weight excluding hydrogens is 232 g/mol. The number of nitrogens with zero attached hydrogens (tertiary/aromatic N) is 4. The number of hydrogen-bond donors (Lipinski definition) is 1. The van der Waals surface area contributed by atoms with Crippen LogP contribution in [0.3, 0.4) is 0 Å². The van der Waals surface area contributed by atoms with Crippen molar-refractivity contribution in [2.75, 3.05) is 0 Å². The first-order chi connectivity index (χ1) is 8.74. The van der Waals surface area contributed by atoms with Crippen molar-refractivity contribution < 1.29 is 9.90 Å². The number of aromatic carboxylic acids is 1. The van der Waals surface area contributed by atoms with Gasteiger partial charge in [0.1, 0.15) is 5.69 Å². The summed E-state index contributed by atoms with van der Waals surface area (Å²) in [6.45, 7) is 0. The van der Waals surface area contributed by atoms with E-state index in [1.54, 1.807) is 10.6 Å². The Kier molecular flexibility index (Phi) is 2.26. The van der Waals surface area contributed by atoms with Gasteiger partial charge in [0.2, 0.25) is 5.82 Å². The van der Waals surface area contributed by atoms with Crippen LogP contribution in [0, 0.1) is 0 Å². The molecule has 0 radical (unpaired) electrons. The number of rotatable bonds is 2. The molecule has 0 spiro atoms. The van der Waals surface area contributed by atoms with Crippen LogP contribution < -0.4 is 0 Å². The number of aromatic nitrogens is 4. The maximum atomic E-state index is 10.8. The molecule has 3 aromatic heterocycles. The number of carboxylic acid groups (broad SMARTS) is 1. The first-order valence-corrected chi connectivity index (χ1v) is 5.25. The van der Waals surface area contributed by atoms with Crippen molar-refractivity contribution in [3.8, 4) is 11.4 Å². The average Bonchev–Trinajstić information content (AvgIpc) is 2.82. The summed E-state index contributed by atoms with van der Waals surface area (Å²) in [5.74, 6) is -1.38. The van der Waals surface area contributed by atoms with Gasteiger partial charge in [0, 0.05) is 12.4 Å². The second kappa shape index (κ2) is 3.92. The molecule has 18 heavy (non-hydrogen) atoms. The molecule has 0 saturated heterocycles. The fourth-order valence-electron chi connectivity index (χ4n) is 1.67. The molecule has 0 unspecified atom stereocenters.